The van der Waals surface area contributed by atoms with E-state index in [1.54, 1.807) is 11.3 Å². The van der Waals surface area contributed by atoms with Crippen molar-refractivity contribution in [3.05, 3.63) is 92.3 Å². The Bertz CT molecular complexity index is 1470. The maximum Gasteiger partial charge on any atom is 0.134 e. The summed E-state index contributed by atoms with van der Waals surface area (Å²) in [5.74, 6) is 1.41. The fourth-order valence-electron chi connectivity index (χ4n) is 4.92. The Kier molecular flexibility index (Phi) is 7.01. The largest absolute Gasteiger partial charge is 0.488 e. The van der Waals surface area contributed by atoms with Gasteiger partial charge in [0.1, 0.15) is 23.4 Å². The van der Waals surface area contributed by atoms with Gasteiger partial charge in [0.15, 0.2) is 0 Å². The van der Waals surface area contributed by atoms with Crippen molar-refractivity contribution in [3.63, 3.8) is 0 Å². The Morgan fingerprint density at radius 2 is 1.89 bits per heavy atom. The molecule has 5 heteroatoms. The number of halogens is 1. The van der Waals surface area contributed by atoms with Gasteiger partial charge < -0.3 is 4.74 Å². The van der Waals surface area contributed by atoms with Gasteiger partial charge in [-0.25, -0.2) is 4.99 Å². The molecule has 1 heterocycles. The lowest BCUT2D eigenvalue weighted by Gasteiger charge is -2.33. The maximum absolute atomic E-state index is 10.00. The SMILES string of the molecule is CC(C)(C)[C@@H]1CCc2c(sc(N=Cc3c(OCc4ccc(Br)cc4)ccc4ccccc34)c2C#N)C1. The molecule has 1 atom stereocenters. The van der Waals surface area contributed by atoms with Crippen LogP contribution < -0.4 is 4.74 Å². The first-order valence-corrected chi connectivity index (χ1v) is 13.9. The van der Waals surface area contributed by atoms with Crippen LogP contribution in [0.15, 0.2) is 70.1 Å². The number of rotatable bonds is 5. The average Bonchev–Trinajstić information content (AvgIpc) is 3.23. The van der Waals surface area contributed by atoms with Gasteiger partial charge in [0.2, 0.25) is 0 Å². The van der Waals surface area contributed by atoms with Crippen molar-refractivity contribution in [2.75, 3.05) is 0 Å². The minimum Gasteiger partial charge on any atom is -0.488 e. The fraction of sp³-hybridized carbons (Fsp3) is 0.290. The Morgan fingerprint density at radius 1 is 1.11 bits per heavy atom. The molecule has 1 aliphatic carbocycles. The van der Waals surface area contributed by atoms with Gasteiger partial charge in [0.05, 0.1) is 5.56 Å². The molecule has 0 saturated carbocycles. The molecule has 0 spiro atoms. The monoisotopic (exact) mass is 556 g/mol. The highest BCUT2D eigenvalue weighted by molar-refractivity contribution is 9.10. The van der Waals surface area contributed by atoms with Crippen molar-refractivity contribution in [1.82, 2.24) is 0 Å². The minimum absolute atomic E-state index is 0.266. The first kappa shape index (κ1) is 24.7. The zero-order valence-corrected chi connectivity index (χ0v) is 23.2. The van der Waals surface area contributed by atoms with E-state index in [0.717, 1.165) is 61.9 Å². The van der Waals surface area contributed by atoms with Crippen molar-refractivity contribution < 1.29 is 4.74 Å². The number of aliphatic imine (C=N–C) groups is 1. The first-order valence-electron chi connectivity index (χ1n) is 12.3. The molecule has 3 nitrogen and oxygen atoms in total. The van der Waals surface area contributed by atoms with Crippen LogP contribution in [-0.4, -0.2) is 6.21 Å². The van der Waals surface area contributed by atoms with Crippen LogP contribution in [0.5, 0.6) is 5.75 Å². The van der Waals surface area contributed by atoms with Crippen LogP contribution in [0.2, 0.25) is 0 Å². The normalized spacial score (nSPS) is 15.7. The van der Waals surface area contributed by atoms with Gasteiger partial charge in [0.25, 0.3) is 0 Å². The molecule has 1 aromatic heterocycles. The van der Waals surface area contributed by atoms with Gasteiger partial charge >= 0.3 is 0 Å². The number of thiophene rings is 1. The highest BCUT2D eigenvalue weighted by atomic mass is 79.9. The zero-order chi connectivity index (χ0) is 25.3. The number of hydrogen-bond acceptors (Lipinski definition) is 4. The number of benzene rings is 3. The van der Waals surface area contributed by atoms with Crippen LogP contribution in [0.4, 0.5) is 5.00 Å². The van der Waals surface area contributed by atoms with Crippen LogP contribution >= 0.6 is 27.3 Å². The Balaban J connectivity index is 1.49. The van der Waals surface area contributed by atoms with Gasteiger partial charge in [-0.15, -0.1) is 11.3 Å². The molecule has 0 amide bonds. The van der Waals surface area contributed by atoms with E-state index in [2.05, 4.69) is 73.1 Å². The molecule has 182 valence electrons. The summed E-state index contributed by atoms with van der Waals surface area (Å²) in [6.45, 7) is 7.42. The van der Waals surface area contributed by atoms with Crippen molar-refractivity contribution >= 4 is 49.3 Å². The number of hydrogen-bond donors (Lipinski definition) is 0. The summed E-state index contributed by atoms with van der Waals surface area (Å²) in [4.78, 5) is 6.23. The second kappa shape index (κ2) is 10.2. The van der Waals surface area contributed by atoms with Crippen molar-refractivity contribution in [2.24, 2.45) is 16.3 Å². The number of nitriles is 1. The van der Waals surface area contributed by atoms with E-state index in [4.69, 9.17) is 9.73 Å². The Labute approximate surface area is 225 Å². The third-order valence-electron chi connectivity index (χ3n) is 7.13. The van der Waals surface area contributed by atoms with E-state index in [-0.39, 0.29) is 5.41 Å². The number of nitrogens with zero attached hydrogens (tertiary/aromatic N) is 2. The third kappa shape index (κ3) is 5.12. The maximum atomic E-state index is 10.00. The predicted molar refractivity (Wildman–Crippen MR) is 154 cm³/mol. The highest BCUT2D eigenvalue weighted by Gasteiger charge is 2.32. The summed E-state index contributed by atoms with van der Waals surface area (Å²) in [6.07, 6.45) is 5.01. The lowest BCUT2D eigenvalue weighted by molar-refractivity contribution is 0.218. The van der Waals surface area contributed by atoms with E-state index >= 15 is 0 Å². The smallest absolute Gasteiger partial charge is 0.134 e. The summed E-state index contributed by atoms with van der Waals surface area (Å²) >= 11 is 5.17. The molecule has 4 aromatic rings. The van der Waals surface area contributed by atoms with E-state index in [9.17, 15) is 5.26 Å². The summed E-state index contributed by atoms with van der Waals surface area (Å²) in [7, 11) is 0. The molecule has 0 bridgehead atoms. The molecule has 0 saturated heterocycles. The molecule has 0 radical (unpaired) electrons. The van der Waals surface area contributed by atoms with Crippen LogP contribution in [0.3, 0.4) is 0 Å². The van der Waals surface area contributed by atoms with Gasteiger partial charge in [-0.3, -0.25) is 0 Å². The summed E-state index contributed by atoms with van der Waals surface area (Å²) < 4.78 is 7.33. The number of fused-ring (bicyclic) bond motifs is 2. The topological polar surface area (TPSA) is 45.4 Å². The molecule has 0 aliphatic heterocycles. The van der Waals surface area contributed by atoms with Crippen LogP contribution in [-0.2, 0) is 19.4 Å². The summed E-state index contributed by atoms with van der Waals surface area (Å²) in [5.41, 5.74) is 4.26. The third-order valence-corrected chi connectivity index (χ3v) is 8.82. The van der Waals surface area contributed by atoms with Crippen LogP contribution in [0.25, 0.3) is 10.8 Å². The van der Waals surface area contributed by atoms with Crippen LogP contribution in [0, 0.1) is 22.7 Å². The molecular formula is C31H29BrN2OS. The second-order valence-corrected chi connectivity index (χ2v) is 12.5. The molecule has 3 aromatic carbocycles. The molecule has 5 rings (SSSR count). The first-order chi connectivity index (χ1) is 17.3. The van der Waals surface area contributed by atoms with Crippen molar-refractivity contribution in [2.45, 2.75) is 46.6 Å². The molecule has 0 N–H and O–H groups in total. The van der Waals surface area contributed by atoms with Gasteiger partial charge in [-0.1, -0.05) is 79.2 Å². The molecule has 0 unspecified atom stereocenters. The van der Waals surface area contributed by atoms with E-state index < -0.39 is 0 Å². The van der Waals surface area contributed by atoms with Crippen molar-refractivity contribution in [1.29, 1.82) is 5.26 Å². The molecular weight excluding hydrogens is 528 g/mol. The summed E-state index contributed by atoms with van der Waals surface area (Å²) in [5, 5.41) is 13.0. The van der Waals surface area contributed by atoms with Gasteiger partial charge in [0, 0.05) is 21.1 Å². The van der Waals surface area contributed by atoms with Crippen molar-refractivity contribution in [3.8, 4) is 11.8 Å². The standard InChI is InChI=1S/C31H29BrN2OS/c1-31(2,3)22-11-14-25-26(17-33)30(36-29(25)16-22)34-18-27-24-7-5-4-6-21(24)10-15-28(27)35-19-20-8-12-23(32)13-9-20/h4-10,12-13,15,18,22H,11,14,16,19H2,1-3H3/t22-/m1/s1. The molecule has 1 aliphatic rings. The Hall–Kier alpha value is -2.94. The lowest BCUT2D eigenvalue weighted by atomic mass is 9.72. The van der Waals surface area contributed by atoms with Gasteiger partial charge in [-0.2, -0.15) is 5.26 Å². The average molecular weight is 558 g/mol. The molecule has 36 heavy (non-hydrogen) atoms. The lowest BCUT2D eigenvalue weighted by Crippen LogP contribution is -2.26. The number of ether oxygens (including phenoxy) is 1. The summed E-state index contributed by atoms with van der Waals surface area (Å²) in [6, 6.07) is 23.0. The minimum atomic E-state index is 0.266. The van der Waals surface area contributed by atoms with Gasteiger partial charge in [-0.05, 0) is 70.7 Å². The second-order valence-electron chi connectivity index (χ2n) is 10.5. The van der Waals surface area contributed by atoms with E-state index in [1.807, 2.05) is 36.5 Å². The fourth-order valence-corrected chi connectivity index (χ4v) is 6.40. The van der Waals surface area contributed by atoms with E-state index in [1.165, 1.54) is 10.4 Å². The highest BCUT2D eigenvalue weighted by Crippen LogP contribution is 2.45. The predicted octanol–water partition coefficient (Wildman–Crippen LogP) is 9.02. The van der Waals surface area contributed by atoms with Crippen LogP contribution in [0.1, 0.15) is 54.3 Å². The molecule has 0 fully saturated rings. The van der Waals surface area contributed by atoms with E-state index in [0.29, 0.717) is 12.5 Å². The zero-order valence-electron chi connectivity index (χ0n) is 20.8. The Morgan fingerprint density at radius 3 is 2.64 bits per heavy atom. The quantitative estimate of drug-likeness (QED) is 0.230.